The minimum atomic E-state index is 0.596. The maximum Gasteiger partial charge on any atom is 0.0142 e. The molecule has 0 amide bonds. The predicted molar refractivity (Wildman–Crippen MR) is 85.1 cm³/mol. The molecule has 2 aromatic rings. The quantitative estimate of drug-likeness (QED) is 0.800. The summed E-state index contributed by atoms with van der Waals surface area (Å²) in [5, 5.41) is 0. The molecule has 1 fully saturated rings. The average molecular weight is 265 g/mol. The largest absolute Gasteiger partial charge is 0.300 e. The predicted octanol–water partition coefficient (Wildman–Crippen LogP) is 4.28. The second-order valence-corrected chi connectivity index (χ2v) is 5.78. The molecule has 3 atom stereocenters. The Bertz CT molecular complexity index is 534. The van der Waals surface area contributed by atoms with Crippen LogP contribution in [0.5, 0.6) is 0 Å². The van der Waals surface area contributed by atoms with Crippen LogP contribution < -0.4 is 0 Å². The van der Waals surface area contributed by atoms with E-state index in [1.165, 1.54) is 17.7 Å². The molecule has 0 N–H and O–H groups in total. The summed E-state index contributed by atoms with van der Waals surface area (Å²) in [5.74, 6) is 1.20. The fourth-order valence-electron chi connectivity index (χ4n) is 3.71. The summed E-state index contributed by atoms with van der Waals surface area (Å²) in [7, 11) is 0. The van der Waals surface area contributed by atoms with E-state index in [-0.39, 0.29) is 0 Å². The molecule has 0 aliphatic carbocycles. The molecule has 0 unspecified atom stereocenters. The van der Waals surface area contributed by atoms with Crippen LogP contribution in [0, 0.1) is 0 Å². The summed E-state index contributed by atoms with van der Waals surface area (Å²) in [6.07, 6.45) is 0. The Balaban J connectivity index is 1.99. The smallest absolute Gasteiger partial charge is 0.0142 e. The molecular weight excluding hydrogens is 242 g/mol. The molecule has 0 radical (unpaired) electrons. The summed E-state index contributed by atoms with van der Waals surface area (Å²) in [4.78, 5) is 2.61. The van der Waals surface area contributed by atoms with E-state index in [9.17, 15) is 0 Å². The van der Waals surface area contributed by atoms with Gasteiger partial charge in [-0.25, -0.2) is 0 Å². The second-order valence-electron chi connectivity index (χ2n) is 5.78. The number of likely N-dealkylation sites (tertiary alicyclic amines) is 1. The highest BCUT2D eigenvalue weighted by atomic mass is 15.2. The van der Waals surface area contributed by atoms with Crippen molar-refractivity contribution in [2.75, 3.05) is 13.1 Å². The summed E-state index contributed by atoms with van der Waals surface area (Å²) < 4.78 is 0. The summed E-state index contributed by atoms with van der Waals surface area (Å²) in [6, 6.07) is 22.6. The van der Waals surface area contributed by atoms with Crippen LogP contribution >= 0.6 is 0 Å². The molecular formula is C19H23N. The first-order valence-electron chi connectivity index (χ1n) is 7.65. The Kier molecular flexibility index (Phi) is 3.88. The number of nitrogens with zero attached hydrogens (tertiary/aromatic N) is 1. The monoisotopic (exact) mass is 265 g/mol. The molecule has 1 heteroatoms. The zero-order valence-corrected chi connectivity index (χ0v) is 12.4. The molecule has 1 nitrogen and oxygen atoms in total. The van der Waals surface area contributed by atoms with Crippen molar-refractivity contribution in [1.82, 2.24) is 4.90 Å². The van der Waals surface area contributed by atoms with E-state index in [1.807, 2.05) is 0 Å². The van der Waals surface area contributed by atoms with Gasteiger partial charge in [0.05, 0.1) is 0 Å². The van der Waals surface area contributed by atoms with Gasteiger partial charge >= 0.3 is 0 Å². The van der Waals surface area contributed by atoms with Crippen molar-refractivity contribution in [2.45, 2.75) is 31.7 Å². The minimum Gasteiger partial charge on any atom is -0.300 e. The first-order chi connectivity index (χ1) is 9.81. The zero-order valence-electron chi connectivity index (χ0n) is 12.4. The van der Waals surface area contributed by atoms with Crippen molar-refractivity contribution in [2.24, 2.45) is 0 Å². The third-order valence-corrected chi connectivity index (χ3v) is 4.78. The Morgan fingerprint density at radius 3 is 2.00 bits per heavy atom. The first-order valence-corrected chi connectivity index (χ1v) is 7.65. The standard InChI is InChI=1S/C19H23N/c1-3-20-14-18(16-10-6-4-7-11-16)19(15(20)2)17-12-8-5-9-13-17/h4-13,15,18-19H,3,14H2,1-2H3/t15-,18-,19-/m1/s1. The van der Waals surface area contributed by atoms with Crippen LogP contribution in [0.25, 0.3) is 0 Å². The van der Waals surface area contributed by atoms with Gasteiger partial charge in [-0.3, -0.25) is 4.90 Å². The summed E-state index contributed by atoms with van der Waals surface area (Å²) >= 11 is 0. The maximum absolute atomic E-state index is 2.61. The lowest BCUT2D eigenvalue weighted by Gasteiger charge is -2.25. The normalized spacial score (nSPS) is 26.8. The SMILES string of the molecule is CCN1C[C@H](c2ccccc2)[C@@H](c2ccccc2)[C@H]1C. The molecule has 1 heterocycles. The molecule has 0 bridgehead atoms. The van der Waals surface area contributed by atoms with Crippen LogP contribution in [0.4, 0.5) is 0 Å². The number of rotatable bonds is 3. The van der Waals surface area contributed by atoms with Gasteiger partial charge in [0, 0.05) is 24.4 Å². The third kappa shape index (κ3) is 2.38. The molecule has 1 saturated heterocycles. The van der Waals surface area contributed by atoms with Gasteiger partial charge in [-0.05, 0) is 24.6 Å². The van der Waals surface area contributed by atoms with Gasteiger partial charge in [0.15, 0.2) is 0 Å². The Morgan fingerprint density at radius 2 is 1.45 bits per heavy atom. The topological polar surface area (TPSA) is 3.24 Å². The van der Waals surface area contributed by atoms with Crippen LogP contribution in [0.3, 0.4) is 0 Å². The van der Waals surface area contributed by atoms with Crippen molar-refractivity contribution in [3.05, 3.63) is 71.8 Å². The van der Waals surface area contributed by atoms with Crippen LogP contribution in [0.2, 0.25) is 0 Å². The van der Waals surface area contributed by atoms with Gasteiger partial charge in [0.2, 0.25) is 0 Å². The lowest BCUT2D eigenvalue weighted by Crippen LogP contribution is -2.28. The number of hydrogen-bond donors (Lipinski definition) is 0. The fourth-order valence-corrected chi connectivity index (χ4v) is 3.71. The van der Waals surface area contributed by atoms with Gasteiger partial charge in [-0.15, -0.1) is 0 Å². The highest BCUT2D eigenvalue weighted by Gasteiger charge is 2.39. The van der Waals surface area contributed by atoms with Gasteiger partial charge < -0.3 is 0 Å². The van der Waals surface area contributed by atoms with Crippen molar-refractivity contribution in [1.29, 1.82) is 0 Å². The number of benzene rings is 2. The Hall–Kier alpha value is -1.60. The van der Waals surface area contributed by atoms with Crippen molar-refractivity contribution in [3.8, 4) is 0 Å². The van der Waals surface area contributed by atoms with Crippen molar-refractivity contribution >= 4 is 0 Å². The molecule has 0 saturated carbocycles. The Morgan fingerprint density at radius 1 is 0.900 bits per heavy atom. The Labute approximate surface area is 122 Å². The summed E-state index contributed by atoms with van der Waals surface area (Å²) in [6.45, 7) is 6.95. The van der Waals surface area contributed by atoms with Crippen molar-refractivity contribution in [3.63, 3.8) is 0 Å². The maximum atomic E-state index is 2.61. The van der Waals surface area contributed by atoms with E-state index >= 15 is 0 Å². The zero-order chi connectivity index (χ0) is 13.9. The number of hydrogen-bond acceptors (Lipinski definition) is 1. The molecule has 1 aliphatic rings. The van der Waals surface area contributed by atoms with Crippen LogP contribution in [-0.2, 0) is 0 Å². The highest BCUT2D eigenvalue weighted by Crippen LogP contribution is 2.43. The van der Waals surface area contributed by atoms with E-state index in [1.54, 1.807) is 0 Å². The van der Waals surface area contributed by atoms with E-state index in [4.69, 9.17) is 0 Å². The third-order valence-electron chi connectivity index (χ3n) is 4.78. The number of likely N-dealkylation sites (N-methyl/N-ethyl adjacent to an activating group) is 1. The van der Waals surface area contributed by atoms with Gasteiger partial charge in [-0.1, -0.05) is 67.6 Å². The van der Waals surface area contributed by atoms with Gasteiger partial charge in [-0.2, -0.15) is 0 Å². The first kappa shape index (κ1) is 13.4. The molecule has 0 spiro atoms. The molecule has 0 aromatic heterocycles. The summed E-state index contributed by atoms with van der Waals surface area (Å²) in [5.41, 5.74) is 2.95. The average Bonchev–Trinajstić information content (AvgIpc) is 2.86. The van der Waals surface area contributed by atoms with Crippen LogP contribution in [-0.4, -0.2) is 24.0 Å². The van der Waals surface area contributed by atoms with E-state index in [2.05, 4.69) is 79.4 Å². The van der Waals surface area contributed by atoms with E-state index < -0.39 is 0 Å². The molecule has 1 aliphatic heterocycles. The molecule has 104 valence electrons. The molecule has 20 heavy (non-hydrogen) atoms. The second kappa shape index (κ2) is 5.80. The van der Waals surface area contributed by atoms with Crippen molar-refractivity contribution < 1.29 is 0 Å². The van der Waals surface area contributed by atoms with Crippen LogP contribution in [0.15, 0.2) is 60.7 Å². The van der Waals surface area contributed by atoms with E-state index in [0.717, 1.165) is 6.54 Å². The van der Waals surface area contributed by atoms with Gasteiger partial charge in [0.25, 0.3) is 0 Å². The highest BCUT2D eigenvalue weighted by molar-refractivity contribution is 5.32. The van der Waals surface area contributed by atoms with Gasteiger partial charge in [0.1, 0.15) is 0 Å². The molecule has 3 rings (SSSR count). The minimum absolute atomic E-state index is 0.596. The lowest BCUT2D eigenvalue weighted by molar-refractivity contribution is 0.273. The molecule has 2 aromatic carbocycles. The fraction of sp³-hybridized carbons (Fsp3) is 0.368. The lowest BCUT2D eigenvalue weighted by atomic mass is 9.81. The van der Waals surface area contributed by atoms with Crippen LogP contribution in [0.1, 0.15) is 36.8 Å². The van der Waals surface area contributed by atoms with E-state index in [0.29, 0.717) is 17.9 Å².